The second-order valence-electron chi connectivity index (χ2n) is 26.4. The van der Waals surface area contributed by atoms with Crippen LogP contribution in [0.4, 0.5) is 0 Å². The number of carbonyl (C=O) groups excluding carboxylic acids is 2. The van der Waals surface area contributed by atoms with E-state index in [0.717, 1.165) is 38.5 Å². The largest absolute Gasteiger partial charge is 0.466 e. The third-order valence-electron chi connectivity index (χ3n) is 18.1. The normalized spacial score (nSPS) is 12.5. The van der Waals surface area contributed by atoms with E-state index in [2.05, 4.69) is 19.2 Å². The van der Waals surface area contributed by atoms with Gasteiger partial charge in [0.25, 0.3) is 0 Å². The van der Waals surface area contributed by atoms with Crippen LogP contribution in [0.25, 0.3) is 0 Å². The van der Waals surface area contributed by atoms with Crippen LogP contribution in [0.5, 0.6) is 0 Å². The first-order valence-electron chi connectivity index (χ1n) is 38.0. The molecule has 1 amide bonds. The maximum atomic E-state index is 12.5. The molecule has 3 N–H and O–H groups in total. The Labute approximate surface area is 514 Å². The molecule has 0 rings (SSSR count). The van der Waals surface area contributed by atoms with E-state index in [9.17, 15) is 19.8 Å². The van der Waals surface area contributed by atoms with Crippen LogP contribution in [0.3, 0.4) is 0 Å². The highest BCUT2D eigenvalue weighted by atomic mass is 16.5. The number of aliphatic hydroxyl groups excluding tert-OH is 2. The quantitative estimate of drug-likeness (QED) is 0.0320. The van der Waals surface area contributed by atoms with Gasteiger partial charge in [-0.1, -0.05) is 405 Å². The molecule has 0 radical (unpaired) electrons. The van der Waals surface area contributed by atoms with Crippen LogP contribution >= 0.6 is 0 Å². The molecular formula is C76H149NO5. The van der Waals surface area contributed by atoms with Crippen molar-refractivity contribution in [2.75, 3.05) is 13.2 Å². The monoisotopic (exact) mass is 1160 g/mol. The fourth-order valence-electron chi connectivity index (χ4n) is 12.3. The molecule has 0 aliphatic rings. The minimum absolute atomic E-state index is 0.0270. The van der Waals surface area contributed by atoms with Crippen LogP contribution in [0, 0.1) is 0 Å². The number of allylic oxidation sites excluding steroid dienone is 1. The lowest BCUT2D eigenvalue weighted by Gasteiger charge is -2.20. The lowest BCUT2D eigenvalue weighted by Crippen LogP contribution is -2.45. The van der Waals surface area contributed by atoms with E-state index in [1.807, 2.05) is 6.08 Å². The number of hydrogen-bond donors (Lipinski definition) is 3. The van der Waals surface area contributed by atoms with E-state index in [1.165, 1.54) is 372 Å². The molecule has 488 valence electrons. The average molecular weight is 1160 g/mol. The predicted octanol–water partition coefficient (Wildman–Crippen LogP) is 24.7. The molecule has 0 aromatic heterocycles. The Balaban J connectivity index is 3.27. The summed E-state index contributed by atoms with van der Waals surface area (Å²) in [5.74, 6) is -0.0331. The zero-order chi connectivity index (χ0) is 59.2. The Kier molecular flexibility index (Phi) is 70.8. The average Bonchev–Trinajstić information content (AvgIpc) is 3.48. The van der Waals surface area contributed by atoms with Gasteiger partial charge in [0, 0.05) is 12.8 Å². The Bertz CT molecular complexity index is 1240. The number of carbonyl (C=O) groups is 2. The zero-order valence-electron chi connectivity index (χ0n) is 56.0. The van der Waals surface area contributed by atoms with E-state index in [1.54, 1.807) is 6.08 Å². The second-order valence-corrected chi connectivity index (χ2v) is 26.4. The minimum atomic E-state index is -0.838. The summed E-state index contributed by atoms with van der Waals surface area (Å²) in [7, 11) is 0. The minimum Gasteiger partial charge on any atom is -0.466 e. The molecule has 2 unspecified atom stereocenters. The molecule has 0 aliphatic heterocycles. The van der Waals surface area contributed by atoms with Gasteiger partial charge in [0.1, 0.15) is 0 Å². The summed E-state index contributed by atoms with van der Waals surface area (Å²) in [5, 5.41) is 23.1. The number of nitrogens with one attached hydrogen (secondary N) is 1. The number of amides is 1. The van der Waals surface area contributed by atoms with Crippen LogP contribution in [0.15, 0.2) is 12.2 Å². The number of ether oxygens (including phenoxy) is 1. The predicted molar refractivity (Wildman–Crippen MR) is 361 cm³/mol. The summed E-state index contributed by atoms with van der Waals surface area (Å²) >= 11 is 0. The second kappa shape index (κ2) is 72.1. The van der Waals surface area contributed by atoms with E-state index >= 15 is 0 Å². The van der Waals surface area contributed by atoms with Gasteiger partial charge in [-0.3, -0.25) is 9.59 Å². The summed E-state index contributed by atoms with van der Waals surface area (Å²) < 4.78 is 5.50. The van der Waals surface area contributed by atoms with Crippen molar-refractivity contribution in [3.8, 4) is 0 Å². The SMILES string of the molecule is CCCCCCCCCCCC/C=C/C(O)C(CO)NC(=O)CCCCCCCCCCCCCCCCCCCCCCCCCCCCCCCCCCCCCCCCCOC(=O)CCCCCCCCCCCCCCCC. The third kappa shape index (κ3) is 67.7. The van der Waals surface area contributed by atoms with Gasteiger partial charge in [-0.25, -0.2) is 0 Å². The third-order valence-corrected chi connectivity index (χ3v) is 18.1. The molecule has 82 heavy (non-hydrogen) atoms. The van der Waals surface area contributed by atoms with Gasteiger partial charge in [-0.2, -0.15) is 0 Å². The van der Waals surface area contributed by atoms with Crippen molar-refractivity contribution in [1.82, 2.24) is 5.32 Å². The molecule has 0 saturated carbocycles. The van der Waals surface area contributed by atoms with Gasteiger partial charge in [0.2, 0.25) is 5.91 Å². The zero-order valence-corrected chi connectivity index (χ0v) is 56.0. The van der Waals surface area contributed by atoms with Gasteiger partial charge in [0.05, 0.1) is 25.4 Å². The van der Waals surface area contributed by atoms with E-state index in [0.29, 0.717) is 19.4 Å². The van der Waals surface area contributed by atoms with Gasteiger partial charge < -0.3 is 20.3 Å². The highest BCUT2D eigenvalue weighted by molar-refractivity contribution is 5.76. The summed E-state index contributed by atoms with van der Waals surface area (Å²) in [5.41, 5.74) is 0. The number of aliphatic hydroxyl groups is 2. The maximum Gasteiger partial charge on any atom is 0.305 e. The molecule has 0 aliphatic carbocycles. The molecule has 0 bridgehead atoms. The highest BCUT2D eigenvalue weighted by Crippen LogP contribution is 2.20. The molecule has 0 fully saturated rings. The highest BCUT2D eigenvalue weighted by Gasteiger charge is 2.18. The molecule has 6 heteroatoms. The van der Waals surface area contributed by atoms with Gasteiger partial charge >= 0.3 is 5.97 Å². The fourth-order valence-corrected chi connectivity index (χ4v) is 12.3. The Morgan fingerprint density at radius 1 is 0.329 bits per heavy atom. The Morgan fingerprint density at radius 3 is 0.829 bits per heavy atom. The topological polar surface area (TPSA) is 95.9 Å². The van der Waals surface area contributed by atoms with Crippen molar-refractivity contribution in [1.29, 1.82) is 0 Å². The van der Waals surface area contributed by atoms with Crippen molar-refractivity contribution in [3.05, 3.63) is 12.2 Å². The standard InChI is InChI=1S/C76H149NO5/c1-3-5-7-9-11-13-15-17-46-50-54-58-62-66-70-76(81)82-71-67-63-59-55-51-47-44-42-40-38-36-34-32-30-28-26-24-22-20-18-19-21-23-25-27-29-31-33-35-37-39-41-43-45-49-53-57-61-65-69-75(80)77-73(72-78)74(79)68-64-60-56-52-48-16-14-12-10-8-6-4-2/h64,68,73-74,78-79H,3-63,65-67,69-72H2,1-2H3,(H,77,80)/b68-64+. The molecule has 0 heterocycles. The van der Waals surface area contributed by atoms with Crippen LogP contribution in [0.1, 0.15) is 438 Å². The van der Waals surface area contributed by atoms with Crippen LogP contribution in [-0.2, 0) is 14.3 Å². The summed E-state index contributed by atoms with van der Waals surface area (Å²) in [6.07, 6.45) is 90.6. The summed E-state index contributed by atoms with van der Waals surface area (Å²) in [6.45, 7) is 4.94. The number of unbranched alkanes of at least 4 members (excludes halogenated alkanes) is 61. The number of esters is 1. The van der Waals surface area contributed by atoms with Crippen molar-refractivity contribution in [3.63, 3.8) is 0 Å². The van der Waals surface area contributed by atoms with Gasteiger partial charge in [-0.15, -0.1) is 0 Å². The van der Waals surface area contributed by atoms with E-state index < -0.39 is 12.1 Å². The van der Waals surface area contributed by atoms with Crippen molar-refractivity contribution >= 4 is 11.9 Å². The first kappa shape index (κ1) is 80.6. The summed E-state index contributed by atoms with van der Waals surface area (Å²) in [4.78, 5) is 24.5. The first-order chi connectivity index (χ1) is 40.5. The lowest BCUT2D eigenvalue weighted by molar-refractivity contribution is -0.143. The summed E-state index contributed by atoms with van der Waals surface area (Å²) in [6, 6.07) is -0.621. The number of rotatable bonds is 72. The van der Waals surface area contributed by atoms with Gasteiger partial charge in [0.15, 0.2) is 0 Å². The van der Waals surface area contributed by atoms with E-state index in [-0.39, 0.29) is 18.5 Å². The lowest BCUT2D eigenvalue weighted by atomic mass is 10.0. The fraction of sp³-hybridized carbons (Fsp3) is 0.947. The van der Waals surface area contributed by atoms with Crippen molar-refractivity contribution in [2.24, 2.45) is 0 Å². The van der Waals surface area contributed by atoms with Gasteiger partial charge in [-0.05, 0) is 32.1 Å². The molecule has 6 nitrogen and oxygen atoms in total. The molecule has 0 spiro atoms. The molecule has 0 saturated heterocycles. The molecular weight excluding hydrogens is 1010 g/mol. The van der Waals surface area contributed by atoms with Crippen LogP contribution in [-0.4, -0.2) is 47.4 Å². The van der Waals surface area contributed by atoms with Crippen molar-refractivity contribution in [2.45, 2.75) is 450 Å². The Hall–Kier alpha value is -1.40. The molecule has 2 atom stereocenters. The van der Waals surface area contributed by atoms with Crippen LogP contribution < -0.4 is 5.32 Å². The van der Waals surface area contributed by atoms with Crippen molar-refractivity contribution < 1.29 is 24.5 Å². The van der Waals surface area contributed by atoms with Crippen LogP contribution in [0.2, 0.25) is 0 Å². The Morgan fingerprint density at radius 2 is 0.561 bits per heavy atom. The number of hydrogen-bond acceptors (Lipinski definition) is 5. The van der Waals surface area contributed by atoms with E-state index in [4.69, 9.17) is 4.74 Å². The molecule has 0 aromatic rings. The molecule has 0 aromatic carbocycles. The first-order valence-corrected chi connectivity index (χ1v) is 38.0. The smallest absolute Gasteiger partial charge is 0.305 e. The maximum absolute atomic E-state index is 12.5.